The Morgan fingerprint density at radius 3 is 1.30 bits per heavy atom. The van der Waals surface area contributed by atoms with Crippen molar-refractivity contribution < 1.29 is 15.0 Å². The number of benzene rings is 2. The largest absolute Gasteiger partial charge is 0.382 e. The number of aryl methyl sites for hydroxylation is 2. The van der Waals surface area contributed by atoms with Gasteiger partial charge in [0.05, 0.1) is 0 Å². The lowest BCUT2D eigenvalue weighted by Gasteiger charge is -2.31. The second-order valence-corrected chi connectivity index (χ2v) is 8.65. The van der Waals surface area contributed by atoms with Crippen molar-refractivity contribution in [3.05, 3.63) is 70.8 Å². The number of nitrogens with two attached hydrogens (primary N) is 2. The molecule has 0 fully saturated rings. The number of carbonyl (C=O) groups excluding carboxylic acids is 1. The molecule has 6 N–H and O–H groups in total. The summed E-state index contributed by atoms with van der Waals surface area (Å²) in [5, 5.41) is 21.7. The average molecular weight is 413 g/mol. The molecule has 30 heavy (non-hydrogen) atoms. The summed E-state index contributed by atoms with van der Waals surface area (Å²) < 4.78 is 0. The normalized spacial score (nSPS) is 15.4. The smallest absolute Gasteiger partial charge is 0.195 e. The van der Waals surface area contributed by atoms with Crippen LogP contribution in [0.4, 0.5) is 0 Å². The van der Waals surface area contributed by atoms with Crippen molar-refractivity contribution in [1.82, 2.24) is 0 Å². The predicted molar refractivity (Wildman–Crippen MR) is 121 cm³/mol. The number of ketones is 1. The van der Waals surface area contributed by atoms with Crippen LogP contribution in [0.15, 0.2) is 48.5 Å². The van der Waals surface area contributed by atoms with Gasteiger partial charge in [0.15, 0.2) is 5.78 Å². The molecule has 164 valence electrons. The van der Waals surface area contributed by atoms with E-state index in [1.807, 2.05) is 48.5 Å². The Balaban J connectivity index is 2.02. The van der Waals surface area contributed by atoms with E-state index in [1.165, 1.54) is 25.0 Å². The molecule has 0 saturated heterocycles. The lowest BCUT2D eigenvalue weighted by molar-refractivity contribution is -0.153. The Kier molecular flexibility index (Phi) is 8.74. The summed E-state index contributed by atoms with van der Waals surface area (Å²) in [6, 6.07) is 15.7. The average Bonchev–Trinajstić information content (AvgIpc) is 2.71. The van der Waals surface area contributed by atoms with Crippen LogP contribution in [-0.4, -0.2) is 40.3 Å². The summed E-state index contributed by atoms with van der Waals surface area (Å²) in [5.74, 6) is -0.575. The van der Waals surface area contributed by atoms with E-state index in [-0.39, 0.29) is 12.8 Å². The first-order valence-corrected chi connectivity index (χ1v) is 10.7. The topological polar surface area (TPSA) is 110 Å². The first-order valence-electron chi connectivity index (χ1n) is 10.7. The lowest BCUT2D eigenvalue weighted by atomic mass is 9.80. The lowest BCUT2D eigenvalue weighted by Crippen LogP contribution is -2.52. The molecule has 0 amide bonds. The van der Waals surface area contributed by atoms with Crippen LogP contribution in [0.3, 0.4) is 0 Å². The zero-order valence-electron chi connectivity index (χ0n) is 18.2. The van der Waals surface area contributed by atoms with E-state index in [0.717, 1.165) is 36.8 Å². The molecule has 2 unspecified atom stereocenters. The molecule has 2 aromatic rings. The maximum atomic E-state index is 13.0. The van der Waals surface area contributed by atoms with E-state index in [2.05, 4.69) is 0 Å². The van der Waals surface area contributed by atoms with Gasteiger partial charge in [-0.25, -0.2) is 0 Å². The first kappa shape index (κ1) is 24.2. The van der Waals surface area contributed by atoms with Gasteiger partial charge >= 0.3 is 0 Å². The van der Waals surface area contributed by atoms with Gasteiger partial charge in [-0.15, -0.1) is 0 Å². The fourth-order valence-corrected chi connectivity index (χ4v) is 3.80. The van der Waals surface area contributed by atoms with E-state index in [4.69, 9.17) is 11.5 Å². The van der Waals surface area contributed by atoms with Crippen LogP contribution in [0, 0.1) is 0 Å². The third kappa shape index (κ3) is 7.03. The zero-order chi connectivity index (χ0) is 22.2. The van der Waals surface area contributed by atoms with Crippen molar-refractivity contribution in [1.29, 1.82) is 0 Å². The molecule has 2 rings (SSSR count). The molecular formula is C25H36N2O3. The molecule has 0 aliphatic rings. The number of Topliss-reactive ketones (excluding diaryl/α,β-unsaturated/α-hetero) is 1. The predicted octanol–water partition coefficient (Wildman–Crippen LogP) is 2.33. The minimum atomic E-state index is -1.66. The summed E-state index contributed by atoms with van der Waals surface area (Å²) in [4.78, 5) is 13.0. The summed E-state index contributed by atoms with van der Waals surface area (Å²) in [6.45, 7) is 4.25. The van der Waals surface area contributed by atoms with Gasteiger partial charge in [0, 0.05) is 12.8 Å². The van der Waals surface area contributed by atoms with Crippen LogP contribution in [0.25, 0.3) is 0 Å². The number of carbonyl (C=O) groups is 1. The van der Waals surface area contributed by atoms with Crippen molar-refractivity contribution in [2.75, 3.05) is 13.1 Å². The summed E-state index contributed by atoms with van der Waals surface area (Å²) in [7, 11) is 0. The van der Waals surface area contributed by atoms with Gasteiger partial charge in [0.1, 0.15) is 11.2 Å². The molecular weight excluding hydrogens is 376 g/mol. The molecule has 2 atom stereocenters. The molecule has 2 aromatic carbocycles. The van der Waals surface area contributed by atoms with Crippen LogP contribution < -0.4 is 11.5 Å². The highest BCUT2D eigenvalue weighted by atomic mass is 16.3. The van der Waals surface area contributed by atoms with Crippen LogP contribution in [-0.2, 0) is 30.5 Å². The Bertz CT molecular complexity index is 729. The quantitative estimate of drug-likeness (QED) is 0.428. The molecule has 5 heteroatoms. The Hall–Kier alpha value is -2.05. The van der Waals surface area contributed by atoms with Gasteiger partial charge in [0.25, 0.3) is 0 Å². The van der Waals surface area contributed by atoms with Gasteiger partial charge in [-0.2, -0.15) is 0 Å². The van der Waals surface area contributed by atoms with Crippen LogP contribution in [0.2, 0.25) is 0 Å². The second-order valence-electron chi connectivity index (χ2n) is 8.65. The standard InChI is InChI=1S/C25H36N2O3/c1-24(29,17-21-11-7-19(8-12-21)5-3-15-26)23(28)25(2,30)18-22-13-9-20(10-14-22)6-4-16-27/h7-14,29-30H,3-6,15-18,26-27H2,1-2H3. The van der Waals surface area contributed by atoms with Crippen molar-refractivity contribution >= 4 is 5.78 Å². The minimum Gasteiger partial charge on any atom is -0.382 e. The zero-order valence-corrected chi connectivity index (χ0v) is 18.2. The van der Waals surface area contributed by atoms with E-state index in [9.17, 15) is 15.0 Å². The van der Waals surface area contributed by atoms with E-state index in [0.29, 0.717) is 13.1 Å². The van der Waals surface area contributed by atoms with E-state index < -0.39 is 17.0 Å². The van der Waals surface area contributed by atoms with E-state index >= 15 is 0 Å². The van der Waals surface area contributed by atoms with Crippen LogP contribution in [0.5, 0.6) is 0 Å². The van der Waals surface area contributed by atoms with Crippen molar-refractivity contribution in [2.24, 2.45) is 11.5 Å². The number of hydrogen-bond donors (Lipinski definition) is 4. The second kappa shape index (κ2) is 10.8. The minimum absolute atomic E-state index is 0.150. The third-order valence-corrected chi connectivity index (χ3v) is 5.46. The fraction of sp³-hybridized carbons (Fsp3) is 0.480. The molecule has 0 aliphatic carbocycles. The summed E-state index contributed by atoms with van der Waals surface area (Å²) in [5.41, 5.74) is 11.8. The molecule has 0 aliphatic heterocycles. The first-order chi connectivity index (χ1) is 14.2. The Morgan fingerprint density at radius 1 is 0.700 bits per heavy atom. The maximum absolute atomic E-state index is 13.0. The molecule has 0 saturated carbocycles. The highest BCUT2D eigenvalue weighted by molar-refractivity contribution is 5.94. The van der Waals surface area contributed by atoms with Crippen molar-refractivity contribution in [3.63, 3.8) is 0 Å². The van der Waals surface area contributed by atoms with Crippen LogP contribution in [0.1, 0.15) is 48.9 Å². The molecule has 0 aromatic heterocycles. The Labute approximate surface area is 180 Å². The van der Waals surface area contributed by atoms with Gasteiger partial charge < -0.3 is 21.7 Å². The van der Waals surface area contributed by atoms with Gasteiger partial charge in [-0.1, -0.05) is 48.5 Å². The highest BCUT2D eigenvalue weighted by Gasteiger charge is 2.42. The van der Waals surface area contributed by atoms with Gasteiger partial charge in [0.2, 0.25) is 0 Å². The Morgan fingerprint density at radius 2 is 1.00 bits per heavy atom. The number of rotatable bonds is 12. The maximum Gasteiger partial charge on any atom is 0.195 e. The van der Waals surface area contributed by atoms with Crippen molar-refractivity contribution in [3.8, 4) is 0 Å². The third-order valence-electron chi connectivity index (χ3n) is 5.46. The number of hydrogen-bond acceptors (Lipinski definition) is 5. The summed E-state index contributed by atoms with van der Waals surface area (Å²) in [6.07, 6.45) is 3.96. The highest BCUT2D eigenvalue weighted by Crippen LogP contribution is 2.25. The number of aliphatic hydroxyl groups is 2. The molecule has 0 radical (unpaired) electrons. The van der Waals surface area contributed by atoms with Crippen LogP contribution >= 0.6 is 0 Å². The van der Waals surface area contributed by atoms with Gasteiger partial charge in [-0.3, -0.25) is 4.79 Å². The SMILES string of the molecule is CC(O)(Cc1ccc(CCCN)cc1)C(=O)C(C)(O)Cc1ccc(CCCN)cc1. The van der Waals surface area contributed by atoms with Crippen molar-refractivity contribution in [2.45, 2.75) is 63.6 Å². The molecule has 0 heterocycles. The fourth-order valence-electron chi connectivity index (χ4n) is 3.80. The molecule has 0 bridgehead atoms. The molecule has 5 nitrogen and oxygen atoms in total. The molecule has 0 spiro atoms. The van der Waals surface area contributed by atoms with Gasteiger partial charge in [-0.05, 0) is 74.9 Å². The van der Waals surface area contributed by atoms with E-state index in [1.54, 1.807) is 0 Å². The summed E-state index contributed by atoms with van der Waals surface area (Å²) >= 11 is 0. The monoisotopic (exact) mass is 412 g/mol.